The Bertz CT molecular complexity index is 409. The van der Waals surface area contributed by atoms with Crippen LogP contribution >= 0.6 is 23.2 Å². The normalized spacial score (nSPS) is 11.6. The molecule has 0 radical (unpaired) electrons. The topological polar surface area (TPSA) is 42.9 Å². The van der Waals surface area contributed by atoms with E-state index < -0.39 is 17.8 Å². The highest BCUT2D eigenvalue weighted by molar-refractivity contribution is 6.68. The van der Waals surface area contributed by atoms with Crippen LogP contribution in [-0.2, 0) is 6.42 Å². The van der Waals surface area contributed by atoms with Crippen LogP contribution in [-0.4, -0.2) is 21.4 Å². The number of aromatic nitrogens is 2. The van der Waals surface area contributed by atoms with Crippen LogP contribution in [0.3, 0.4) is 0 Å². The molecular formula is C8H5Cl2F3N2O. The molecule has 0 N–H and O–H groups in total. The Labute approximate surface area is 98.6 Å². The lowest BCUT2D eigenvalue weighted by Crippen LogP contribution is -2.10. The highest BCUT2D eigenvalue weighted by Gasteiger charge is 2.27. The first-order chi connectivity index (χ1) is 7.29. The smallest absolute Gasteiger partial charge is 0.275 e. The van der Waals surface area contributed by atoms with Crippen molar-refractivity contribution < 1.29 is 18.0 Å². The zero-order valence-electron chi connectivity index (χ0n) is 7.68. The number of hydrogen-bond donors (Lipinski definition) is 0. The molecule has 0 aromatic carbocycles. The van der Waals surface area contributed by atoms with Gasteiger partial charge in [-0.05, 0) is 11.6 Å². The molecule has 1 rings (SSSR count). The first-order valence-corrected chi connectivity index (χ1v) is 4.83. The largest absolute Gasteiger partial charge is 0.389 e. The summed E-state index contributed by atoms with van der Waals surface area (Å²) in [5.74, 6) is -0.0796. The first-order valence-electron chi connectivity index (χ1n) is 4.07. The Morgan fingerprint density at radius 2 is 2.06 bits per heavy atom. The summed E-state index contributed by atoms with van der Waals surface area (Å²) in [5.41, 5.74) is -0.126. The highest BCUT2D eigenvalue weighted by Crippen LogP contribution is 2.22. The van der Waals surface area contributed by atoms with Gasteiger partial charge in [-0.3, -0.25) is 4.79 Å². The van der Waals surface area contributed by atoms with Crippen molar-refractivity contribution in [3.63, 3.8) is 0 Å². The molecule has 0 aliphatic heterocycles. The van der Waals surface area contributed by atoms with Crippen molar-refractivity contribution in [2.24, 2.45) is 0 Å². The van der Waals surface area contributed by atoms with E-state index in [2.05, 4.69) is 9.97 Å². The van der Waals surface area contributed by atoms with Crippen LogP contribution in [0, 0.1) is 0 Å². The summed E-state index contributed by atoms with van der Waals surface area (Å²) >= 11 is 10.7. The maximum absolute atomic E-state index is 11.9. The average molecular weight is 273 g/mol. The standard InChI is InChI=1S/C8H5Cl2F3N2O/c9-6-4(7(10)16)3-14-5(15-6)1-2-8(11,12)13/h3H,1-2H2. The average Bonchev–Trinajstić information content (AvgIpc) is 2.13. The second-order valence-corrected chi connectivity index (χ2v) is 3.58. The van der Waals surface area contributed by atoms with Crippen molar-refractivity contribution in [3.8, 4) is 0 Å². The third-order valence-electron chi connectivity index (χ3n) is 1.64. The van der Waals surface area contributed by atoms with Crippen LogP contribution in [0.4, 0.5) is 13.2 Å². The third-order valence-corrected chi connectivity index (χ3v) is 2.13. The minimum absolute atomic E-state index is 0.0796. The van der Waals surface area contributed by atoms with E-state index in [4.69, 9.17) is 23.2 Å². The molecular weight excluding hydrogens is 268 g/mol. The predicted molar refractivity (Wildman–Crippen MR) is 51.6 cm³/mol. The van der Waals surface area contributed by atoms with Gasteiger partial charge >= 0.3 is 6.18 Å². The molecule has 3 nitrogen and oxygen atoms in total. The van der Waals surface area contributed by atoms with E-state index in [1.54, 1.807) is 0 Å². The fraction of sp³-hybridized carbons (Fsp3) is 0.375. The Hall–Kier alpha value is -0.880. The monoisotopic (exact) mass is 272 g/mol. The molecule has 0 aliphatic rings. The SMILES string of the molecule is O=C(Cl)c1cnc(CCC(F)(F)F)nc1Cl. The van der Waals surface area contributed by atoms with Gasteiger partial charge in [0.05, 0.1) is 12.0 Å². The van der Waals surface area contributed by atoms with Gasteiger partial charge in [-0.2, -0.15) is 13.2 Å². The van der Waals surface area contributed by atoms with E-state index in [9.17, 15) is 18.0 Å². The number of alkyl halides is 3. The summed E-state index contributed by atoms with van der Waals surface area (Å²) in [7, 11) is 0. The molecule has 0 bridgehead atoms. The van der Waals surface area contributed by atoms with E-state index >= 15 is 0 Å². The lowest BCUT2D eigenvalue weighted by molar-refractivity contribution is -0.134. The van der Waals surface area contributed by atoms with Crippen LogP contribution in [0.5, 0.6) is 0 Å². The molecule has 1 aromatic heterocycles. The van der Waals surface area contributed by atoms with Crippen molar-refractivity contribution in [1.29, 1.82) is 0 Å². The molecule has 0 unspecified atom stereocenters. The van der Waals surface area contributed by atoms with Gasteiger partial charge in [0.1, 0.15) is 11.0 Å². The van der Waals surface area contributed by atoms with E-state index in [-0.39, 0.29) is 23.0 Å². The van der Waals surface area contributed by atoms with Gasteiger partial charge in [0.15, 0.2) is 0 Å². The summed E-state index contributed by atoms with van der Waals surface area (Å²) in [6, 6.07) is 0. The van der Waals surface area contributed by atoms with Crippen LogP contribution in [0.2, 0.25) is 5.15 Å². The first kappa shape index (κ1) is 13.2. The minimum Gasteiger partial charge on any atom is -0.275 e. The molecule has 0 amide bonds. The number of carbonyl (C=O) groups is 1. The fourth-order valence-corrected chi connectivity index (χ4v) is 1.32. The zero-order chi connectivity index (χ0) is 12.3. The van der Waals surface area contributed by atoms with E-state index in [0.29, 0.717) is 0 Å². The summed E-state index contributed by atoms with van der Waals surface area (Å²) in [6.45, 7) is 0. The molecule has 88 valence electrons. The van der Waals surface area contributed by atoms with Crippen LogP contribution < -0.4 is 0 Å². The maximum atomic E-state index is 11.9. The molecule has 0 spiro atoms. The number of aryl methyl sites for hydroxylation is 1. The van der Waals surface area contributed by atoms with Gasteiger partial charge < -0.3 is 0 Å². The molecule has 0 fully saturated rings. The summed E-state index contributed by atoms with van der Waals surface area (Å²) in [6.07, 6.45) is -4.70. The Kier molecular flexibility index (Phi) is 4.09. The van der Waals surface area contributed by atoms with Gasteiger partial charge in [0, 0.05) is 12.6 Å². The Morgan fingerprint density at radius 1 is 1.44 bits per heavy atom. The van der Waals surface area contributed by atoms with Gasteiger partial charge in [-0.25, -0.2) is 9.97 Å². The van der Waals surface area contributed by atoms with Crippen molar-refractivity contribution in [3.05, 3.63) is 22.7 Å². The van der Waals surface area contributed by atoms with Gasteiger partial charge in [0.2, 0.25) is 0 Å². The number of hydrogen-bond acceptors (Lipinski definition) is 3. The van der Waals surface area contributed by atoms with E-state index in [1.165, 1.54) is 0 Å². The second kappa shape index (κ2) is 4.97. The molecule has 0 saturated carbocycles. The second-order valence-electron chi connectivity index (χ2n) is 2.88. The Morgan fingerprint density at radius 3 is 2.50 bits per heavy atom. The molecule has 16 heavy (non-hydrogen) atoms. The van der Waals surface area contributed by atoms with Crippen molar-refractivity contribution in [2.75, 3.05) is 0 Å². The lowest BCUT2D eigenvalue weighted by atomic mass is 10.3. The lowest BCUT2D eigenvalue weighted by Gasteiger charge is -2.05. The number of carbonyl (C=O) groups excluding carboxylic acids is 1. The highest BCUT2D eigenvalue weighted by atomic mass is 35.5. The number of nitrogens with zero attached hydrogens (tertiary/aromatic N) is 2. The molecule has 0 saturated heterocycles. The van der Waals surface area contributed by atoms with E-state index in [0.717, 1.165) is 6.20 Å². The van der Waals surface area contributed by atoms with Crippen LogP contribution in [0.1, 0.15) is 22.6 Å². The van der Waals surface area contributed by atoms with Gasteiger partial charge in [-0.1, -0.05) is 11.6 Å². The summed E-state index contributed by atoms with van der Waals surface area (Å²) in [5, 5.41) is -1.10. The predicted octanol–water partition coefficient (Wildman–Crippen LogP) is 3.00. The molecule has 8 heteroatoms. The fourth-order valence-electron chi connectivity index (χ4n) is 0.901. The third kappa shape index (κ3) is 3.94. The van der Waals surface area contributed by atoms with Crippen LogP contribution in [0.15, 0.2) is 6.20 Å². The summed E-state index contributed by atoms with van der Waals surface area (Å²) in [4.78, 5) is 17.8. The van der Waals surface area contributed by atoms with Crippen molar-refractivity contribution >= 4 is 28.4 Å². The Balaban J connectivity index is 2.78. The molecule has 0 atom stereocenters. The van der Waals surface area contributed by atoms with Gasteiger partial charge in [0.25, 0.3) is 5.24 Å². The molecule has 0 aliphatic carbocycles. The zero-order valence-corrected chi connectivity index (χ0v) is 9.20. The van der Waals surface area contributed by atoms with E-state index in [1.807, 2.05) is 0 Å². The van der Waals surface area contributed by atoms with Gasteiger partial charge in [-0.15, -0.1) is 0 Å². The van der Waals surface area contributed by atoms with Crippen molar-refractivity contribution in [2.45, 2.75) is 19.0 Å². The number of rotatable bonds is 3. The maximum Gasteiger partial charge on any atom is 0.389 e. The molecule has 1 heterocycles. The van der Waals surface area contributed by atoms with Crippen LogP contribution in [0.25, 0.3) is 0 Å². The molecule has 1 aromatic rings. The quantitative estimate of drug-likeness (QED) is 0.628. The summed E-state index contributed by atoms with van der Waals surface area (Å²) < 4.78 is 35.7. The number of halogens is 5. The van der Waals surface area contributed by atoms with Crippen molar-refractivity contribution in [1.82, 2.24) is 9.97 Å². The minimum atomic E-state index is -4.28.